The summed E-state index contributed by atoms with van der Waals surface area (Å²) in [6.07, 6.45) is -3.85. The summed E-state index contributed by atoms with van der Waals surface area (Å²) in [4.78, 5) is 28.4. The van der Waals surface area contributed by atoms with Gasteiger partial charge in [-0.1, -0.05) is 0 Å². The Morgan fingerprint density at radius 1 is 1.36 bits per heavy atom. The molecule has 1 fully saturated rings. The van der Waals surface area contributed by atoms with Crippen LogP contribution in [0.25, 0.3) is 10.9 Å². The average Bonchev–Trinajstić information content (AvgIpc) is 2.78. The van der Waals surface area contributed by atoms with E-state index in [1.54, 1.807) is 0 Å². The SMILES string of the molecule is O=c1[nH]n([C@@H]2O[C@H](CO)[C@@H](O)[C@H]2O)c(=O)c2ncc(Br)cc12. The number of H-pyrrole nitrogens is 1. The van der Waals surface area contributed by atoms with Crippen LogP contribution in [0.2, 0.25) is 0 Å². The van der Waals surface area contributed by atoms with Crippen molar-refractivity contribution in [3.05, 3.63) is 37.4 Å². The van der Waals surface area contributed by atoms with Crippen LogP contribution in [0.3, 0.4) is 0 Å². The van der Waals surface area contributed by atoms with E-state index >= 15 is 0 Å². The number of fused-ring (bicyclic) bond motifs is 1. The minimum atomic E-state index is -1.47. The largest absolute Gasteiger partial charge is 0.394 e. The number of hydrogen-bond donors (Lipinski definition) is 4. The number of nitrogens with zero attached hydrogens (tertiary/aromatic N) is 2. The fraction of sp³-hybridized carbons (Fsp3) is 0.417. The number of hydrogen-bond acceptors (Lipinski definition) is 7. The second kappa shape index (κ2) is 5.56. The molecule has 118 valence electrons. The summed E-state index contributed by atoms with van der Waals surface area (Å²) in [7, 11) is 0. The summed E-state index contributed by atoms with van der Waals surface area (Å²) in [6, 6.07) is 1.45. The van der Waals surface area contributed by atoms with Crippen molar-refractivity contribution in [1.29, 1.82) is 0 Å². The van der Waals surface area contributed by atoms with Gasteiger partial charge in [0.2, 0.25) is 0 Å². The fourth-order valence-corrected chi connectivity index (χ4v) is 2.72. The Morgan fingerprint density at radius 3 is 2.73 bits per heavy atom. The minimum Gasteiger partial charge on any atom is -0.394 e. The first-order valence-corrected chi connectivity index (χ1v) is 7.16. The van der Waals surface area contributed by atoms with Crippen LogP contribution in [-0.4, -0.2) is 55.0 Å². The van der Waals surface area contributed by atoms with Gasteiger partial charge in [-0.2, -0.15) is 0 Å². The van der Waals surface area contributed by atoms with Gasteiger partial charge in [-0.25, -0.2) is 9.67 Å². The van der Waals surface area contributed by atoms with E-state index < -0.39 is 42.3 Å². The van der Waals surface area contributed by atoms with Crippen LogP contribution >= 0.6 is 15.9 Å². The van der Waals surface area contributed by atoms with Gasteiger partial charge in [0.1, 0.15) is 23.8 Å². The normalized spacial score (nSPS) is 28.4. The predicted molar refractivity (Wildman–Crippen MR) is 77.3 cm³/mol. The maximum Gasteiger partial charge on any atom is 0.294 e. The van der Waals surface area contributed by atoms with Gasteiger partial charge in [-0.3, -0.25) is 14.7 Å². The molecule has 4 N–H and O–H groups in total. The van der Waals surface area contributed by atoms with Crippen molar-refractivity contribution in [2.75, 3.05) is 6.61 Å². The molecule has 0 spiro atoms. The van der Waals surface area contributed by atoms with Crippen LogP contribution in [0.15, 0.2) is 26.3 Å². The van der Waals surface area contributed by atoms with Gasteiger partial charge >= 0.3 is 0 Å². The van der Waals surface area contributed by atoms with Gasteiger partial charge in [-0.15, -0.1) is 0 Å². The number of aromatic amines is 1. The molecule has 0 amide bonds. The van der Waals surface area contributed by atoms with Gasteiger partial charge in [-0.05, 0) is 22.0 Å². The number of halogens is 1. The summed E-state index contributed by atoms with van der Waals surface area (Å²) in [5.74, 6) is 0. The highest BCUT2D eigenvalue weighted by Crippen LogP contribution is 2.27. The lowest BCUT2D eigenvalue weighted by Gasteiger charge is -2.17. The summed E-state index contributed by atoms with van der Waals surface area (Å²) in [5.41, 5.74) is -1.37. The first kappa shape index (κ1) is 15.3. The second-order valence-electron chi connectivity index (χ2n) is 4.89. The zero-order valence-corrected chi connectivity index (χ0v) is 12.6. The van der Waals surface area contributed by atoms with E-state index in [0.717, 1.165) is 4.68 Å². The maximum absolute atomic E-state index is 12.4. The molecule has 1 saturated heterocycles. The summed E-state index contributed by atoms with van der Waals surface area (Å²) < 4.78 is 6.55. The quantitative estimate of drug-likeness (QED) is 0.500. The first-order chi connectivity index (χ1) is 10.4. The predicted octanol–water partition coefficient (Wildman–Crippen LogP) is -1.54. The summed E-state index contributed by atoms with van der Waals surface area (Å²) in [6.45, 7) is -0.535. The van der Waals surface area contributed by atoms with Crippen molar-refractivity contribution in [1.82, 2.24) is 14.8 Å². The van der Waals surface area contributed by atoms with Crippen LogP contribution < -0.4 is 11.1 Å². The van der Waals surface area contributed by atoms with Gasteiger partial charge in [0, 0.05) is 10.7 Å². The molecule has 0 aromatic carbocycles. The van der Waals surface area contributed by atoms with Gasteiger partial charge in [0.15, 0.2) is 6.23 Å². The molecule has 1 aliphatic heterocycles. The van der Waals surface area contributed by atoms with Crippen LogP contribution in [0.4, 0.5) is 0 Å². The molecule has 0 aliphatic carbocycles. The monoisotopic (exact) mass is 373 g/mol. The third-order valence-corrected chi connectivity index (χ3v) is 3.95. The van der Waals surface area contributed by atoms with Crippen molar-refractivity contribution in [3.8, 4) is 0 Å². The lowest BCUT2D eigenvalue weighted by Crippen LogP contribution is -2.39. The number of pyridine rings is 1. The Hall–Kier alpha value is -1.59. The Morgan fingerprint density at radius 2 is 2.09 bits per heavy atom. The Kier molecular flexibility index (Phi) is 3.87. The lowest BCUT2D eigenvalue weighted by atomic mass is 10.1. The molecular formula is C12H12BrN3O6. The lowest BCUT2D eigenvalue weighted by molar-refractivity contribution is -0.0610. The number of aliphatic hydroxyl groups excluding tert-OH is 3. The van der Waals surface area contributed by atoms with E-state index in [-0.39, 0.29) is 10.9 Å². The van der Waals surface area contributed by atoms with Crippen LogP contribution in [0.5, 0.6) is 0 Å². The first-order valence-electron chi connectivity index (χ1n) is 6.36. The van der Waals surface area contributed by atoms with Crippen LogP contribution in [-0.2, 0) is 4.74 Å². The molecular weight excluding hydrogens is 362 g/mol. The molecule has 1 aliphatic rings. The van der Waals surface area contributed by atoms with Crippen LogP contribution in [0, 0.1) is 0 Å². The molecule has 2 aromatic heterocycles. The van der Waals surface area contributed by atoms with Crippen molar-refractivity contribution in [2.24, 2.45) is 0 Å². The highest BCUT2D eigenvalue weighted by atomic mass is 79.9. The zero-order chi connectivity index (χ0) is 16.0. The van der Waals surface area contributed by atoms with Crippen molar-refractivity contribution in [2.45, 2.75) is 24.5 Å². The van der Waals surface area contributed by atoms with E-state index in [0.29, 0.717) is 4.47 Å². The molecule has 9 nitrogen and oxygen atoms in total. The molecule has 3 heterocycles. The van der Waals surface area contributed by atoms with Crippen molar-refractivity contribution >= 4 is 26.8 Å². The third kappa shape index (κ3) is 2.29. The molecule has 0 saturated carbocycles. The van der Waals surface area contributed by atoms with E-state index in [9.17, 15) is 19.8 Å². The Balaban J connectivity index is 2.17. The Bertz CT molecular complexity index is 834. The van der Waals surface area contributed by atoms with E-state index in [1.807, 2.05) is 0 Å². The number of ether oxygens (including phenoxy) is 1. The highest BCUT2D eigenvalue weighted by molar-refractivity contribution is 9.10. The maximum atomic E-state index is 12.4. The highest BCUT2D eigenvalue weighted by Gasteiger charge is 2.44. The number of rotatable bonds is 2. The van der Waals surface area contributed by atoms with Crippen molar-refractivity contribution < 1.29 is 20.1 Å². The molecule has 22 heavy (non-hydrogen) atoms. The number of aromatic nitrogens is 3. The second-order valence-corrected chi connectivity index (χ2v) is 5.81. The van der Waals surface area contributed by atoms with Gasteiger partial charge in [0.25, 0.3) is 11.1 Å². The molecule has 0 radical (unpaired) electrons. The van der Waals surface area contributed by atoms with Crippen molar-refractivity contribution in [3.63, 3.8) is 0 Å². The third-order valence-electron chi connectivity index (χ3n) is 3.51. The molecule has 0 unspecified atom stereocenters. The minimum absolute atomic E-state index is 0.0855. The number of aliphatic hydroxyl groups is 3. The van der Waals surface area contributed by atoms with E-state index in [1.165, 1.54) is 12.3 Å². The standard InChI is InChI=1S/C12H12BrN3O6/c13-4-1-5-7(14-2-4)11(21)16(15-10(5)20)12-9(19)8(18)6(3-17)22-12/h1-2,6,8-9,12,17-19H,3H2,(H,15,20)/t6-,8-,9-,12-/m1/s1. The van der Waals surface area contributed by atoms with Gasteiger partial charge in [0.05, 0.1) is 12.0 Å². The molecule has 2 aromatic rings. The molecule has 0 bridgehead atoms. The zero-order valence-electron chi connectivity index (χ0n) is 11.0. The van der Waals surface area contributed by atoms with Crippen LogP contribution in [0.1, 0.15) is 6.23 Å². The molecule has 4 atom stereocenters. The number of nitrogens with one attached hydrogen (secondary N) is 1. The Labute approximate surface area is 130 Å². The van der Waals surface area contributed by atoms with E-state index in [2.05, 4.69) is 26.0 Å². The topological polar surface area (TPSA) is 138 Å². The van der Waals surface area contributed by atoms with Gasteiger partial charge < -0.3 is 20.1 Å². The smallest absolute Gasteiger partial charge is 0.294 e. The fourth-order valence-electron chi connectivity index (χ4n) is 2.39. The van der Waals surface area contributed by atoms with E-state index in [4.69, 9.17) is 9.84 Å². The summed E-state index contributed by atoms with van der Waals surface area (Å²) >= 11 is 3.16. The average molecular weight is 374 g/mol. The molecule has 10 heteroatoms. The summed E-state index contributed by atoms with van der Waals surface area (Å²) in [5, 5.41) is 31.1. The molecule has 3 rings (SSSR count).